The molecule has 3 rings (SSSR count). The lowest BCUT2D eigenvalue weighted by Gasteiger charge is -2.22. The summed E-state index contributed by atoms with van der Waals surface area (Å²) in [7, 11) is 0. The number of halogens is 1. The second kappa shape index (κ2) is 8.83. The number of likely N-dealkylation sites (tertiary alicyclic amines) is 1. The Morgan fingerprint density at radius 1 is 1.36 bits per heavy atom. The van der Waals surface area contributed by atoms with Gasteiger partial charge in [-0.15, -0.1) is 12.4 Å². The molecule has 2 unspecified atom stereocenters. The molecule has 0 radical (unpaired) electrons. The van der Waals surface area contributed by atoms with E-state index in [2.05, 4.69) is 46.4 Å². The Balaban J connectivity index is 0.00000225. The monoisotopic (exact) mass is 360 g/mol. The van der Waals surface area contributed by atoms with Gasteiger partial charge in [-0.2, -0.15) is 0 Å². The van der Waals surface area contributed by atoms with Crippen LogP contribution < -0.4 is 11.1 Å². The highest BCUT2D eigenvalue weighted by atomic mass is 35.5. The van der Waals surface area contributed by atoms with Crippen LogP contribution in [0.3, 0.4) is 0 Å². The number of carbonyl (C=O) groups excluding carboxylic acids is 1. The first-order chi connectivity index (χ1) is 11.6. The molecule has 0 bridgehead atoms. The molecule has 2 aromatic rings. The van der Waals surface area contributed by atoms with Gasteiger partial charge in [-0.1, -0.05) is 30.3 Å². The minimum atomic E-state index is -0.144. The standard InChI is InChI=1S/C19H24N4O.ClH/c1-14(22-19(24)17-11-21-9-7-18(17)20)16-8-10-23(13-16)12-15-5-3-2-4-6-15;/h2-7,9,11,14,16H,8,10,12-13H2,1H3,(H2,20,21)(H,22,24);1H. The second-order valence-corrected chi connectivity index (χ2v) is 6.49. The molecule has 25 heavy (non-hydrogen) atoms. The lowest BCUT2D eigenvalue weighted by atomic mass is 10.00. The SMILES string of the molecule is CC(NC(=O)c1cnccc1N)C1CCN(Cc2ccccc2)C1.Cl. The van der Waals surface area contributed by atoms with Crippen molar-refractivity contribution < 1.29 is 4.79 Å². The summed E-state index contributed by atoms with van der Waals surface area (Å²) in [5, 5.41) is 3.08. The topological polar surface area (TPSA) is 71.2 Å². The Morgan fingerprint density at radius 2 is 2.12 bits per heavy atom. The van der Waals surface area contributed by atoms with Gasteiger partial charge in [0.2, 0.25) is 0 Å². The number of rotatable bonds is 5. The van der Waals surface area contributed by atoms with Crippen molar-refractivity contribution in [2.75, 3.05) is 18.8 Å². The molecule has 1 fully saturated rings. The molecule has 6 heteroatoms. The van der Waals surface area contributed by atoms with Crippen molar-refractivity contribution in [3.8, 4) is 0 Å². The van der Waals surface area contributed by atoms with Gasteiger partial charge >= 0.3 is 0 Å². The lowest BCUT2D eigenvalue weighted by Crippen LogP contribution is -2.39. The van der Waals surface area contributed by atoms with Crippen LogP contribution in [-0.2, 0) is 6.54 Å². The van der Waals surface area contributed by atoms with E-state index in [0.29, 0.717) is 17.2 Å². The number of nitrogen functional groups attached to an aromatic ring is 1. The van der Waals surface area contributed by atoms with Crippen LogP contribution in [0, 0.1) is 5.92 Å². The maximum absolute atomic E-state index is 12.4. The Bertz CT molecular complexity index is 695. The third kappa shape index (κ3) is 4.94. The van der Waals surface area contributed by atoms with Gasteiger partial charge in [0.05, 0.1) is 5.56 Å². The van der Waals surface area contributed by atoms with Gasteiger partial charge in [-0.05, 0) is 37.4 Å². The van der Waals surface area contributed by atoms with E-state index in [4.69, 9.17) is 5.73 Å². The fourth-order valence-electron chi connectivity index (χ4n) is 3.25. The van der Waals surface area contributed by atoms with Crippen LogP contribution in [0.2, 0.25) is 0 Å². The first-order valence-electron chi connectivity index (χ1n) is 8.40. The summed E-state index contributed by atoms with van der Waals surface area (Å²) < 4.78 is 0. The smallest absolute Gasteiger partial charge is 0.255 e. The van der Waals surface area contributed by atoms with Crippen molar-refractivity contribution in [2.24, 2.45) is 5.92 Å². The molecule has 1 aromatic carbocycles. The van der Waals surface area contributed by atoms with Crippen molar-refractivity contribution in [3.05, 3.63) is 59.9 Å². The highest BCUT2D eigenvalue weighted by Crippen LogP contribution is 2.22. The van der Waals surface area contributed by atoms with E-state index in [0.717, 1.165) is 26.1 Å². The number of nitrogens with one attached hydrogen (secondary N) is 1. The minimum absolute atomic E-state index is 0. The second-order valence-electron chi connectivity index (χ2n) is 6.49. The minimum Gasteiger partial charge on any atom is -0.398 e. The Labute approximate surface area is 155 Å². The largest absolute Gasteiger partial charge is 0.398 e. The summed E-state index contributed by atoms with van der Waals surface area (Å²) in [6.45, 7) is 5.10. The van der Waals surface area contributed by atoms with E-state index in [1.807, 2.05) is 6.07 Å². The summed E-state index contributed by atoms with van der Waals surface area (Å²) in [5.41, 5.74) is 8.09. The molecule has 1 saturated heterocycles. The van der Waals surface area contributed by atoms with Crippen molar-refractivity contribution in [3.63, 3.8) is 0 Å². The quantitative estimate of drug-likeness (QED) is 0.860. The zero-order valence-electron chi connectivity index (χ0n) is 14.4. The fourth-order valence-corrected chi connectivity index (χ4v) is 3.25. The average Bonchev–Trinajstić information content (AvgIpc) is 3.04. The van der Waals surface area contributed by atoms with Crippen molar-refractivity contribution in [1.82, 2.24) is 15.2 Å². The van der Waals surface area contributed by atoms with E-state index >= 15 is 0 Å². The van der Waals surface area contributed by atoms with Crippen LogP contribution in [0.15, 0.2) is 48.8 Å². The van der Waals surface area contributed by atoms with Gasteiger partial charge in [0.25, 0.3) is 5.91 Å². The van der Waals surface area contributed by atoms with Crippen LogP contribution in [0.4, 0.5) is 5.69 Å². The molecule has 1 aromatic heterocycles. The number of benzene rings is 1. The number of carbonyl (C=O) groups is 1. The maximum atomic E-state index is 12.4. The van der Waals surface area contributed by atoms with Crippen molar-refractivity contribution in [2.45, 2.75) is 25.9 Å². The number of nitrogens with two attached hydrogens (primary N) is 1. The number of pyridine rings is 1. The van der Waals surface area contributed by atoms with Crippen molar-refractivity contribution in [1.29, 1.82) is 0 Å². The van der Waals surface area contributed by atoms with Gasteiger partial charge < -0.3 is 11.1 Å². The summed E-state index contributed by atoms with van der Waals surface area (Å²) in [6, 6.07) is 12.3. The predicted octanol–water partition coefficient (Wildman–Crippen LogP) is 2.73. The third-order valence-corrected chi connectivity index (χ3v) is 4.72. The van der Waals surface area contributed by atoms with Gasteiger partial charge in [-0.25, -0.2) is 0 Å². The molecular formula is C19H25ClN4O. The van der Waals surface area contributed by atoms with Crippen LogP contribution in [0.25, 0.3) is 0 Å². The highest BCUT2D eigenvalue weighted by Gasteiger charge is 2.28. The van der Waals surface area contributed by atoms with E-state index in [9.17, 15) is 4.79 Å². The molecule has 2 heterocycles. The summed E-state index contributed by atoms with van der Waals surface area (Å²) >= 11 is 0. The van der Waals surface area contributed by atoms with Crippen molar-refractivity contribution >= 4 is 24.0 Å². The number of amides is 1. The highest BCUT2D eigenvalue weighted by molar-refractivity contribution is 5.98. The maximum Gasteiger partial charge on any atom is 0.255 e. The van der Waals surface area contributed by atoms with Crippen LogP contribution in [0.5, 0.6) is 0 Å². The fraction of sp³-hybridized carbons (Fsp3) is 0.368. The van der Waals surface area contributed by atoms with E-state index in [-0.39, 0.29) is 24.4 Å². The Morgan fingerprint density at radius 3 is 2.84 bits per heavy atom. The average molecular weight is 361 g/mol. The summed E-state index contributed by atoms with van der Waals surface area (Å²) in [6.07, 6.45) is 4.21. The molecule has 3 N–H and O–H groups in total. The molecule has 2 atom stereocenters. The lowest BCUT2D eigenvalue weighted by molar-refractivity contribution is 0.0927. The molecule has 5 nitrogen and oxygen atoms in total. The van der Waals surface area contributed by atoms with Gasteiger partial charge in [0.15, 0.2) is 0 Å². The van der Waals surface area contributed by atoms with E-state index < -0.39 is 0 Å². The number of nitrogens with zero attached hydrogens (tertiary/aromatic N) is 2. The number of anilines is 1. The summed E-state index contributed by atoms with van der Waals surface area (Å²) in [5.74, 6) is 0.310. The van der Waals surface area contributed by atoms with Gasteiger partial charge in [-0.3, -0.25) is 14.7 Å². The number of hydrogen-bond acceptors (Lipinski definition) is 4. The summed E-state index contributed by atoms with van der Waals surface area (Å²) in [4.78, 5) is 18.8. The number of hydrogen-bond donors (Lipinski definition) is 2. The molecule has 0 aliphatic carbocycles. The predicted molar refractivity (Wildman–Crippen MR) is 103 cm³/mol. The normalized spacial score (nSPS) is 18.4. The molecular weight excluding hydrogens is 336 g/mol. The third-order valence-electron chi connectivity index (χ3n) is 4.72. The van der Waals surface area contributed by atoms with E-state index in [1.165, 1.54) is 11.8 Å². The zero-order valence-corrected chi connectivity index (χ0v) is 15.2. The molecule has 134 valence electrons. The van der Waals surface area contributed by atoms with Crippen LogP contribution >= 0.6 is 12.4 Å². The molecule has 1 amide bonds. The Kier molecular flexibility index (Phi) is 6.79. The van der Waals surface area contributed by atoms with E-state index in [1.54, 1.807) is 12.3 Å². The van der Waals surface area contributed by atoms with Gasteiger partial charge in [0.1, 0.15) is 0 Å². The molecule has 0 saturated carbocycles. The van der Waals surface area contributed by atoms with Crippen LogP contribution in [-0.4, -0.2) is 34.9 Å². The molecule has 1 aliphatic heterocycles. The first-order valence-corrected chi connectivity index (χ1v) is 8.40. The van der Waals surface area contributed by atoms with Crippen LogP contribution in [0.1, 0.15) is 29.3 Å². The zero-order chi connectivity index (χ0) is 16.9. The Hall–Kier alpha value is -2.11. The van der Waals surface area contributed by atoms with Gasteiger partial charge in [0, 0.05) is 37.2 Å². The first kappa shape index (κ1) is 19.2. The molecule has 1 aliphatic rings. The number of aromatic nitrogens is 1. The molecule has 0 spiro atoms.